The molecule has 0 aromatic heterocycles. The van der Waals surface area contributed by atoms with Gasteiger partial charge in [-0.2, -0.15) is 0 Å². The molecule has 1 aromatic rings. The number of hydrogen-bond acceptors (Lipinski definition) is 3. The van der Waals surface area contributed by atoms with Crippen LogP contribution in [0.25, 0.3) is 0 Å². The Morgan fingerprint density at radius 1 is 1.41 bits per heavy atom. The minimum absolute atomic E-state index is 0.140. The van der Waals surface area contributed by atoms with Crippen molar-refractivity contribution in [2.75, 3.05) is 26.3 Å². The predicted molar refractivity (Wildman–Crippen MR) is 65.3 cm³/mol. The van der Waals surface area contributed by atoms with Crippen LogP contribution in [0.3, 0.4) is 0 Å². The molecule has 1 unspecified atom stereocenters. The largest absolute Gasteiger partial charge is 0.379 e. The van der Waals surface area contributed by atoms with Crippen LogP contribution in [0.4, 0.5) is 4.39 Å². The lowest BCUT2D eigenvalue weighted by molar-refractivity contribution is 0.0742. The van der Waals surface area contributed by atoms with E-state index in [0.29, 0.717) is 12.6 Å². The molecule has 0 spiro atoms. The van der Waals surface area contributed by atoms with E-state index in [1.165, 1.54) is 6.07 Å². The summed E-state index contributed by atoms with van der Waals surface area (Å²) in [6, 6.07) is 7.30. The van der Waals surface area contributed by atoms with Gasteiger partial charge in [-0.25, -0.2) is 4.39 Å². The molecule has 1 fully saturated rings. The highest BCUT2D eigenvalue weighted by molar-refractivity contribution is 5.16. The molecule has 1 aromatic carbocycles. The Kier molecular flexibility index (Phi) is 4.91. The Balaban J connectivity index is 1.64. The molecule has 1 aliphatic rings. The molecular weight excluding hydrogens is 219 g/mol. The van der Waals surface area contributed by atoms with Crippen molar-refractivity contribution in [1.29, 1.82) is 0 Å². The van der Waals surface area contributed by atoms with Crippen molar-refractivity contribution in [3.63, 3.8) is 0 Å². The maximum absolute atomic E-state index is 13.3. The zero-order chi connectivity index (χ0) is 11.9. The second-order valence-corrected chi connectivity index (χ2v) is 4.28. The Bertz CT molecular complexity index is 340. The number of morpholine rings is 1. The highest BCUT2D eigenvalue weighted by Crippen LogP contribution is 2.05. The van der Waals surface area contributed by atoms with E-state index < -0.39 is 0 Å². The average Bonchev–Trinajstić information content (AvgIpc) is 2.38. The van der Waals surface area contributed by atoms with Crippen molar-refractivity contribution in [3.05, 3.63) is 35.6 Å². The molecule has 1 heterocycles. The Morgan fingerprint density at radius 3 is 3.06 bits per heavy atom. The molecule has 1 atom stereocenters. The van der Waals surface area contributed by atoms with E-state index in [0.717, 1.165) is 38.3 Å². The molecule has 0 aliphatic carbocycles. The summed E-state index contributed by atoms with van der Waals surface area (Å²) in [7, 11) is 0. The summed E-state index contributed by atoms with van der Waals surface area (Å²) < 4.78 is 18.7. The van der Waals surface area contributed by atoms with Crippen LogP contribution in [-0.4, -0.2) is 32.3 Å². The number of halogens is 1. The fourth-order valence-electron chi connectivity index (χ4n) is 1.95. The van der Waals surface area contributed by atoms with E-state index in [1.54, 1.807) is 6.07 Å². The lowest BCUT2D eigenvalue weighted by Crippen LogP contribution is -2.42. The molecule has 0 saturated carbocycles. The molecule has 2 rings (SSSR count). The second kappa shape index (κ2) is 6.69. The fourth-order valence-corrected chi connectivity index (χ4v) is 1.95. The van der Waals surface area contributed by atoms with Gasteiger partial charge in [-0.1, -0.05) is 18.2 Å². The summed E-state index contributed by atoms with van der Waals surface area (Å²) in [6.45, 7) is 3.97. The van der Waals surface area contributed by atoms with Crippen LogP contribution >= 0.6 is 0 Å². The lowest BCUT2D eigenvalue weighted by atomic mass is 10.2. The maximum atomic E-state index is 13.3. The number of nitrogens with one attached hydrogen (secondary N) is 2. The van der Waals surface area contributed by atoms with Gasteiger partial charge in [-0.05, 0) is 19.0 Å². The van der Waals surface area contributed by atoms with Gasteiger partial charge in [0, 0.05) is 24.7 Å². The average molecular weight is 238 g/mol. The van der Waals surface area contributed by atoms with Crippen LogP contribution in [0, 0.1) is 5.82 Å². The summed E-state index contributed by atoms with van der Waals surface area (Å²) in [4.78, 5) is 0. The Hall–Kier alpha value is -0.970. The van der Waals surface area contributed by atoms with Gasteiger partial charge in [-0.15, -0.1) is 0 Å². The molecule has 17 heavy (non-hydrogen) atoms. The van der Waals surface area contributed by atoms with E-state index >= 15 is 0 Å². The second-order valence-electron chi connectivity index (χ2n) is 4.28. The van der Waals surface area contributed by atoms with Gasteiger partial charge < -0.3 is 15.4 Å². The normalized spacial score (nSPS) is 20.4. The third-order valence-corrected chi connectivity index (χ3v) is 2.94. The van der Waals surface area contributed by atoms with E-state index in [1.807, 2.05) is 12.1 Å². The van der Waals surface area contributed by atoms with Gasteiger partial charge in [0.15, 0.2) is 0 Å². The molecule has 1 aliphatic heterocycles. The highest BCUT2D eigenvalue weighted by atomic mass is 19.1. The summed E-state index contributed by atoms with van der Waals surface area (Å²) in [5, 5.41) is 6.64. The monoisotopic (exact) mass is 238 g/mol. The van der Waals surface area contributed by atoms with E-state index in [-0.39, 0.29) is 5.82 Å². The Labute approximate surface area is 101 Å². The van der Waals surface area contributed by atoms with Crippen LogP contribution in [-0.2, 0) is 11.3 Å². The zero-order valence-corrected chi connectivity index (χ0v) is 9.92. The zero-order valence-electron chi connectivity index (χ0n) is 9.92. The van der Waals surface area contributed by atoms with Crippen molar-refractivity contribution >= 4 is 0 Å². The summed E-state index contributed by atoms with van der Waals surface area (Å²) in [5.74, 6) is -0.140. The van der Waals surface area contributed by atoms with E-state index in [9.17, 15) is 4.39 Å². The molecule has 94 valence electrons. The van der Waals surface area contributed by atoms with Crippen LogP contribution in [0.2, 0.25) is 0 Å². The number of rotatable bonds is 5. The first kappa shape index (κ1) is 12.5. The van der Waals surface area contributed by atoms with E-state index in [4.69, 9.17) is 4.74 Å². The molecule has 0 radical (unpaired) electrons. The van der Waals surface area contributed by atoms with E-state index in [2.05, 4.69) is 10.6 Å². The molecular formula is C13H19FN2O. The predicted octanol–water partition coefficient (Wildman–Crippen LogP) is 1.29. The topological polar surface area (TPSA) is 33.3 Å². The SMILES string of the molecule is Fc1ccccc1CNCCC1COCCN1. The van der Waals surface area contributed by atoms with Gasteiger partial charge in [0.05, 0.1) is 13.2 Å². The van der Waals surface area contributed by atoms with Gasteiger partial charge in [0.25, 0.3) is 0 Å². The smallest absolute Gasteiger partial charge is 0.127 e. The van der Waals surface area contributed by atoms with Gasteiger partial charge in [0.1, 0.15) is 5.82 Å². The van der Waals surface area contributed by atoms with Gasteiger partial charge in [0.2, 0.25) is 0 Å². The third kappa shape index (κ3) is 4.07. The number of benzene rings is 1. The molecule has 0 bridgehead atoms. The summed E-state index contributed by atoms with van der Waals surface area (Å²) >= 11 is 0. The standard InChI is InChI=1S/C13H19FN2O/c14-13-4-2-1-3-11(13)9-15-6-5-12-10-17-8-7-16-12/h1-4,12,15-16H,5-10H2. The van der Waals surface area contributed by atoms with Crippen LogP contribution in [0.15, 0.2) is 24.3 Å². The highest BCUT2D eigenvalue weighted by Gasteiger charge is 2.11. The minimum atomic E-state index is -0.140. The van der Waals surface area contributed by atoms with Crippen LogP contribution in [0.5, 0.6) is 0 Å². The van der Waals surface area contributed by atoms with Crippen molar-refractivity contribution in [2.24, 2.45) is 0 Å². The summed E-state index contributed by atoms with van der Waals surface area (Å²) in [5.41, 5.74) is 0.723. The quantitative estimate of drug-likeness (QED) is 0.758. The molecule has 1 saturated heterocycles. The van der Waals surface area contributed by atoms with Crippen molar-refractivity contribution in [3.8, 4) is 0 Å². The lowest BCUT2D eigenvalue weighted by Gasteiger charge is -2.23. The maximum Gasteiger partial charge on any atom is 0.127 e. The fraction of sp³-hybridized carbons (Fsp3) is 0.538. The van der Waals surface area contributed by atoms with Crippen LogP contribution < -0.4 is 10.6 Å². The first-order valence-electron chi connectivity index (χ1n) is 6.11. The molecule has 4 heteroatoms. The third-order valence-electron chi connectivity index (χ3n) is 2.94. The number of hydrogen-bond donors (Lipinski definition) is 2. The molecule has 3 nitrogen and oxygen atoms in total. The van der Waals surface area contributed by atoms with Crippen LogP contribution in [0.1, 0.15) is 12.0 Å². The minimum Gasteiger partial charge on any atom is -0.379 e. The first-order valence-corrected chi connectivity index (χ1v) is 6.11. The molecule has 2 N–H and O–H groups in total. The van der Waals surface area contributed by atoms with Gasteiger partial charge in [-0.3, -0.25) is 0 Å². The van der Waals surface area contributed by atoms with Crippen molar-refractivity contribution in [1.82, 2.24) is 10.6 Å². The molecule has 0 amide bonds. The summed E-state index contributed by atoms with van der Waals surface area (Å²) in [6.07, 6.45) is 1.01. The first-order chi connectivity index (χ1) is 8.36. The van der Waals surface area contributed by atoms with Crippen molar-refractivity contribution in [2.45, 2.75) is 19.0 Å². The number of ether oxygens (including phenoxy) is 1. The Morgan fingerprint density at radius 2 is 2.29 bits per heavy atom. The van der Waals surface area contributed by atoms with Crippen molar-refractivity contribution < 1.29 is 9.13 Å². The van der Waals surface area contributed by atoms with Gasteiger partial charge >= 0.3 is 0 Å².